The van der Waals surface area contributed by atoms with Crippen LogP contribution in [0.1, 0.15) is 58.3 Å². The molecule has 0 heterocycles. The van der Waals surface area contributed by atoms with E-state index in [9.17, 15) is 0 Å². The molecule has 1 heteroatoms. The van der Waals surface area contributed by atoms with Crippen molar-refractivity contribution in [2.75, 3.05) is 6.61 Å². The molecule has 0 aromatic heterocycles. The van der Waals surface area contributed by atoms with Crippen molar-refractivity contribution < 1.29 is 5.11 Å². The zero-order valence-electron chi connectivity index (χ0n) is 11.0. The van der Waals surface area contributed by atoms with Crippen LogP contribution in [-0.4, -0.2) is 11.7 Å². The van der Waals surface area contributed by atoms with E-state index in [4.69, 9.17) is 5.11 Å². The highest BCUT2D eigenvalue weighted by Crippen LogP contribution is 2.02. The standard InChI is InChI=1S/C16H24O/c1-2-3-4-5-6-7-8-9-10-11-12-13-14-15-16-17/h7-8,17H,2-6,13-16H2,1H3. The third-order valence-corrected chi connectivity index (χ3v) is 2.36. The van der Waals surface area contributed by atoms with Gasteiger partial charge < -0.3 is 5.11 Å². The van der Waals surface area contributed by atoms with Gasteiger partial charge in [-0.15, -0.1) is 0 Å². The number of allylic oxidation sites excluding steroid dienone is 2. The molecule has 0 saturated heterocycles. The molecule has 1 nitrogen and oxygen atoms in total. The van der Waals surface area contributed by atoms with E-state index < -0.39 is 0 Å². The monoisotopic (exact) mass is 232 g/mol. The number of hydrogen-bond acceptors (Lipinski definition) is 1. The predicted octanol–water partition coefficient (Wildman–Crippen LogP) is 3.68. The molecule has 0 aromatic carbocycles. The number of hydrogen-bond donors (Lipinski definition) is 1. The molecule has 0 aliphatic carbocycles. The SMILES string of the molecule is CCCCCCC=CC#CC#CCCCCO. The molecular weight excluding hydrogens is 208 g/mol. The average molecular weight is 232 g/mol. The smallest absolute Gasteiger partial charge is 0.0431 e. The van der Waals surface area contributed by atoms with Crippen LogP contribution in [0.4, 0.5) is 0 Å². The van der Waals surface area contributed by atoms with Gasteiger partial charge in [0.2, 0.25) is 0 Å². The molecule has 0 aliphatic heterocycles. The Labute approximate surface area is 106 Å². The molecule has 0 unspecified atom stereocenters. The lowest BCUT2D eigenvalue weighted by atomic mass is 10.1. The Hall–Kier alpha value is -1.18. The second-order valence-electron chi connectivity index (χ2n) is 4.00. The largest absolute Gasteiger partial charge is 0.396 e. The van der Waals surface area contributed by atoms with Gasteiger partial charge in [-0.25, -0.2) is 0 Å². The van der Waals surface area contributed by atoms with Crippen LogP contribution in [0.5, 0.6) is 0 Å². The number of aliphatic hydroxyl groups excluding tert-OH is 1. The van der Waals surface area contributed by atoms with E-state index in [-0.39, 0.29) is 6.61 Å². The molecule has 0 aliphatic rings. The number of rotatable bonds is 8. The molecule has 0 aromatic rings. The summed E-state index contributed by atoms with van der Waals surface area (Å²) in [5, 5.41) is 8.56. The zero-order valence-corrected chi connectivity index (χ0v) is 11.0. The van der Waals surface area contributed by atoms with E-state index >= 15 is 0 Å². The molecule has 0 rings (SSSR count). The molecule has 17 heavy (non-hydrogen) atoms. The van der Waals surface area contributed by atoms with Crippen LogP contribution in [0, 0.1) is 23.7 Å². The maximum atomic E-state index is 8.56. The lowest BCUT2D eigenvalue weighted by Gasteiger charge is -1.92. The fourth-order valence-corrected chi connectivity index (χ4v) is 1.34. The second kappa shape index (κ2) is 14.8. The quantitative estimate of drug-likeness (QED) is 0.500. The normalized spacial score (nSPS) is 9.53. The van der Waals surface area contributed by atoms with Crippen molar-refractivity contribution in [1.29, 1.82) is 0 Å². The van der Waals surface area contributed by atoms with Crippen molar-refractivity contribution in [1.82, 2.24) is 0 Å². The molecule has 0 radical (unpaired) electrons. The first-order valence-corrected chi connectivity index (χ1v) is 6.66. The van der Waals surface area contributed by atoms with E-state index in [2.05, 4.69) is 36.7 Å². The van der Waals surface area contributed by atoms with Gasteiger partial charge in [0.15, 0.2) is 0 Å². The van der Waals surface area contributed by atoms with Gasteiger partial charge in [-0.3, -0.25) is 0 Å². The molecule has 0 bridgehead atoms. The third-order valence-electron chi connectivity index (χ3n) is 2.36. The van der Waals surface area contributed by atoms with Crippen LogP contribution in [0.25, 0.3) is 0 Å². The highest BCUT2D eigenvalue weighted by molar-refractivity contribution is 5.30. The summed E-state index contributed by atoms with van der Waals surface area (Å²) in [6, 6.07) is 0. The summed E-state index contributed by atoms with van der Waals surface area (Å²) >= 11 is 0. The Balaban J connectivity index is 3.42. The van der Waals surface area contributed by atoms with Crippen LogP contribution in [0.2, 0.25) is 0 Å². The maximum Gasteiger partial charge on any atom is 0.0431 e. The molecule has 0 fully saturated rings. The van der Waals surface area contributed by atoms with Crippen LogP contribution >= 0.6 is 0 Å². The summed E-state index contributed by atoms with van der Waals surface area (Å²) in [5.74, 6) is 11.5. The first-order chi connectivity index (χ1) is 8.41. The van der Waals surface area contributed by atoms with Crippen molar-refractivity contribution in [2.24, 2.45) is 0 Å². The van der Waals surface area contributed by atoms with Crippen LogP contribution in [0.3, 0.4) is 0 Å². The summed E-state index contributed by atoms with van der Waals surface area (Å²) in [6.45, 7) is 2.48. The summed E-state index contributed by atoms with van der Waals surface area (Å²) in [5.41, 5.74) is 0. The number of unbranched alkanes of at least 4 members (excludes halogenated alkanes) is 6. The third kappa shape index (κ3) is 14.8. The summed E-state index contributed by atoms with van der Waals surface area (Å²) in [7, 11) is 0. The van der Waals surface area contributed by atoms with Gasteiger partial charge in [-0.2, -0.15) is 0 Å². The Kier molecular flexibility index (Phi) is 13.8. The summed E-state index contributed by atoms with van der Waals surface area (Å²) in [4.78, 5) is 0. The highest BCUT2D eigenvalue weighted by Gasteiger charge is 1.83. The summed E-state index contributed by atoms with van der Waals surface area (Å²) < 4.78 is 0. The van der Waals surface area contributed by atoms with Crippen molar-refractivity contribution in [3.05, 3.63) is 12.2 Å². The molecule has 0 atom stereocenters. The van der Waals surface area contributed by atoms with Gasteiger partial charge >= 0.3 is 0 Å². The minimum absolute atomic E-state index is 0.258. The summed E-state index contributed by atoms with van der Waals surface area (Å²) in [6.07, 6.45) is 13.0. The van der Waals surface area contributed by atoms with Gasteiger partial charge in [0.1, 0.15) is 0 Å². The first kappa shape index (κ1) is 15.8. The fraction of sp³-hybridized carbons (Fsp3) is 0.625. The van der Waals surface area contributed by atoms with Crippen molar-refractivity contribution in [3.63, 3.8) is 0 Å². The Bertz CT molecular complexity index is 293. The Morgan fingerprint density at radius 1 is 1.00 bits per heavy atom. The minimum Gasteiger partial charge on any atom is -0.396 e. The van der Waals surface area contributed by atoms with E-state index in [1.807, 2.05) is 6.08 Å². The van der Waals surface area contributed by atoms with Crippen molar-refractivity contribution in [3.8, 4) is 23.7 Å². The van der Waals surface area contributed by atoms with Crippen LogP contribution in [0.15, 0.2) is 12.2 Å². The van der Waals surface area contributed by atoms with Crippen LogP contribution in [-0.2, 0) is 0 Å². The molecule has 94 valence electrons. The highest BCUT2D eigenvalue weighted by atomic mass is 16.2. The van der Waals surface area contributed by atoms with Crippen molar-refractivity contribution >= 4 is 0 Å². The lowest BCUT2D eigenvalue weighted by Crippen LogP contribution is -1.80. The average Bonchev–Trinajstić information content (AvgIpc) is 2.35. The van der Waals surface area contributed by atoms with E-state index in [0.717, 1.165) is 25.7 Å². The molecular formula is C16H24O. The van der Waals surface area contributed by atoms with E-state index in [1.54, 1.807) is 0 Å². The molecule has 0 amide bonds. The predicted molar refractivity (Wildman–Crippen MR) is 74.4 cm³/mol. The van der Waals surface area contributed by atoms with E-state index in [1.165, 1.54) is 25.7 Å². The van der Waals surface area contributed by atoms with Gasteiger partial charge in [-0.05, 0) is 43.6 Å². The minimum atomic E-state index is 0.258. The first-order valence-electron chi connectivity index (χ1n) is 6.66. The topological polar surface area (TPSA) is 20.2 Å². The molecule has 0 spiro atoms. The fourth-order valence-electron chi connectivity index (χ4n) is 1.34. The Morgan fingerprint density at radius 2 is 1.88 bits per heavy atom. The maximum absolute atomic E-state index is 8.56. The molecule has 0 saturated carbocycles. The van der Waals surface area contributed by atoms with Gasteiger partial charge in [0, 0.05) is 13.0 Å². The van der Waals surface area contributed by atoms with Crippen LogP contribution < -0.4 is 0 Å². The Morgan fingerprint density at radius 3 is 2.65 bits per heavy atom. The van der Waals surface area contributed by atoms with Gasteiger partial charge in [-0.1, -0.05) is 44.1 Å². The zero-order chi connectivity index (χ0) is 12.6. The van der Waals surface area contributed by atoms with Gasteiger partial charge in [0.05, 0.1) is 0 Å². The second-order valence-corrected chi connectivity index (χ2v) is 4.00. The molecule has 1 N–H and O–H groups in total. The van der Waals surface area contributed by atoms with Gasteiger partial charge in [0.25, 0.3) is 0 Å². The van der Waals surface area contributed by atoms with E-state index in [0.29, 0.717) is 0 Å². The lowest BCUT2D eigenvalue weighted by molar-refractivity contribution is 0.285. The number of aliphatic hydroxyl groups is 1. The van der Waals surface area contributed by atoms with Crippen molar-refractivity contribution in [2.45, 2.75) is 58.3 Å².